The van der Waals surface area contributed by atoms with Gasteiger partial charge in [0.05, 0.1) is 12.7 Å². The van der Waals surface area contributed by atoms with Crippen molar-refractivity contribution in [1.29, 1.82) is 0 Å². The summed E-state index contributed by atoms with van der Waals surface area (Å²) in [6, 6.07) is 13.7. The zero-order valence-electron chi connectivity index (χ0n) is 19.2. The van der Waals surface area contributed by atoms with Crippen molar-refractivity contribution in [1.82, 2.24) is 4.90 Å². The lowest BCUT2D eigenvalue weighted by Gasteiger charge is -2.32. The van der Waals surface area contributed by atoms with Crippen molar-refractivity contribution in [2.75, 3.05) is 13.2 Å². The lowest BCUT2D eigenvalue weighted by atomic mass is 10.0. The maximum atomic E-state index is 12.3. The summed E-state index contributed by atoms with van der Waals surface area (Å²) >= 11 is 0. The minimum Gasteiger partial charge on any atom is -0.435 e. The number of likely N-dealkylation sites (tertiary alicyclic amines) is 1. The number of β-amino-alcohol motifs (C(OH)–C–C–N with tert-alkyl or cyclic N) is 1. The minimum atomic E-state index is -2.85. The first-order valence-corrected chi connectivity index (χ1v) is 11.5. The average molecular weight is 522 g/mol. The second-order valence-electron chi connectivity index (χ2n) is 8.54. The quantitative estimate of drug-likeness (QED) is 0.361. The monoisotopic (exact) mass is 521 g/mol. The Morgan fingerprint density at radius 2 is 1.17 bits per heavy atom. The predicted molar refractivity (Wildman–Crippen MR) is 127 cm³/mol. The Balaban J connectivity index is 0.00000432. The van der Waals surface area contributed by atoms with Crippen LogP contribution >= 0.6 is 12.4 Å². The summed E-state index contributed by atoms with van der Waals surface area (Å²) in [5.41, 5.74) is 2.03. The van der Waals surface area contributed by atoms with Crippen LogP contribution in [0.5, 0.6) is 11.5 Å². The van der Waals surface area contributed by atoms with E-state index >= 15 is 0 Å². The third-order valence-corrected chi connectivity index (χ3v) is 6.23. The van der Waals surface area contributed by atoms with Crippen LogP contribution in [0.1, 0.15) is 36.8 Å². The van der Waals surface area contributed by atoms with Crippen LogP contribution in [0.2, 0.25) is 0 Å². The largest absolute Gasteiger partial charge is 0.435 e. The van der Waals surface area contributed by atoms with Crippen molar-refractivity contribution >= 4 is 12.4 Å². The fourth-order valence-electron chi connectivity index (χ4n) is 4.58. The molecule has 35 heavy (non-hydrogen) atoms. The van der Waals surface area contributed by atoms with Gasteiger partial charge in [0.2, 0.25) is 0 Å². The van der Waals surface area contributed by atoms with Crippen LogP contribution in [-0.2, 0) is 12.8 Å². The van der Waals surface area contributed by atoms with Gasteiger partial charge < -0.3 is 19.7 Å². The molecular weight excluding hydrogens is 490 g/mol. The highest BCUT2D eigenvalue weighted by Gasteiger charge is 2.33. The van der Waals surface area contributed by atoms with Crippen molar-refractivity contribution in [2.45, 2.75) is 69.9 Å². The first-order valence-electron chi connectivity index (χ1n) is 11.5. The van der Waals surface area contributed by atoms with Crippen LogP contribution in [0.15, 0.2) is 48.5 Å². The van der Waals surface area contributed by atoms with E-state index in [2.05, 4.69) is 14.4 Å². The summed E-state index contributed by atoms with van der Waals surface area (Å²) < 4.78 is 58.1. The average Bonchev–Trinajstić information content (AvgIpc) is 3.18. The normalized spacial score (nSPS) is 19.1. The molecular formula is C25H32ClF4NO4. The number of hydrogen-bond donors (Lipinski definition) is 2. The Kier molecular flexibility index (Phi) is 12.1. The Morgan fingerprint density at radius 3 is 1.51 bits per heavy atom. The van der Waals surface area contributed by atoms with Gasteiger partial charge in [-0.25, -0.2) is 0 Å². The van der Waals surface area contributed by atoms with Gasteiger partial charge in [0, 0.05) is 18.6 Å². The van der Waals surface area contributed by atoms with E-state index in [4.69, 9.17) is 0 Å². The number of halogens is 5. The molecule has 1 saturated heterocycles. The van der Waals surface area contributed by atoms with E-state index in [1.807, 2.05) is 0 Å². The highest BCUT2D eigenvalue weighted by Crippen LogP contribution is 2.31. The molecule has 2 aromatic rings. The number of alkyl halides is 4. The highest BCUT2D eigenvalue weighted by molar-refractivity contribution is 5.85. The van der Waals surface area contributed by atoms with Crippen molar-refractivity contribution < 1.29 is 37.2 Å². The number of ether oxygens (including phenoxy) is 2. The summed E-state index contributed by atoms with van der Waals surface area (Å²) in [5, 5.41) is 19.4. The van der Waals surface area contributed by atoms with Gasteiger partial charge in [-0.05, 0) is 73.9 Å². The minimum absolute atomic E-state index is 0. The maximum absolute atomic E-state index is 12.3. The van der Waals surface area contributed by atoms with Gasteiger partial charge in [0.1, 0.15) is 11.5 Å². The third kappa shape index (κ3) is 9.48. The Morgan fingerprint density at radius 1 is 0.771 bits per heavy atom. The molecule has 5 nitrogen and oxygen atoms in total. The fraction of sp³-hybridized carbons (Fsp3) is 0.520. The first kappa shape index (κ1) is 29.2. The second kappa shape index (κ2) is 14.5. The number of aryl methyl sites for hydroxylation is 2. The number of aliphatic hydroxyl groups excluding tert-OH is 2. The molecule has 0 spiro atoms. The number of rotatable bonds is 13. The van der Waals surface area contributed by atoms with E-state index in [1.165, 1.54) is 24.3 Å². The van der Waals surface area contributed by atoms with E-state index in [-0.39, 0.29) is 42.6 Å². The Hall–Kier alpha value is -2.07. The maximum Gasteiger partial charge on any atom is 0.387 e. The van der Waals surface area contributed by atoms with Gasteiger partial charge in [-0.2, -0.15) is 17.6 Å². The van der Waals surface area contributed by atoms with Crippen molar-refractivity contribution in [3.63, 3.8) is 0 Å². The molecule has 2 N–H and O–H groups in total. The van der Waals surface area contributed by atoms with E-state index in [1.54, 1.807) is 24.3 Å². The summed E-state index contributed by atoms with van der Waals surface area (Å²) in [6.07, 6.45) is 4.26. The Labute approximate surface area is 209 Å². The van der Waals surface area contributed by atoms with Gasteiger partial charge >= 0.3 is 13.2 Å². The molecule has 1 heterocycles. The molecule has 0 saturated carbocycles. The number of nitrogens with zero attached hydrogens (tertiary/aromatic N) is 1. The molecule has 0 aliphatic carbocycles. The molecule has 3 atom stereocenters. The fourth-order valence-corrected chi connectivity index (χ4v) is 4.58. The highest BCUT2D eigenvalue weighted by atomic mass is 35.5. The summed E-state index contributed by atoms with van der Waals surface area (Å²) in [5.74, 6) is 0.252. The summed E-state index contributed by atoms with van der Waals surface area (Å²) in [7, 11) is 0. The molecule has 1 aliphatic rings. The van der Waals surface area contributed by atoms with Crippen LogP contribution in [0, 0.1) is 0 Å². The van der Waals surface area contributed by atoms with Gasteiger partial charge in [0.25, 0.3) is 0 Å². The molecule has 0 amide bonds. The van der Waals surface area contributed by atoms with Crippen molar-refractivity contribution in [3.05, 3.63) is 59.7 Å². The molecule has 0 aromatic heterocycles. The molecule has 1 aliphatic heterocycles. The standard InChI is InChI=1S/C25H31F4NO4.ClH/c26-24(27)33-22-11-3-17(4-12-22)1-7-19-9-10-20(30(19)15-21(32)16-31)8-2-18-5-13-23(14-6-18)34-25(28)29;/h3-6,11-14,19-21,24-25,31-32H,1-2,7-10,15-16H2;1H/t19?,20?,21-;/m1./s1. The molecule has 196 valence electrons. The van der Waals surface area contributed by atoms with Crippen LogP contribution < -0.4 is 9.47 Å². The van der Waals surface area contributed by atoms with E-state index < -0.39 is 19.3 Å². The van der Waals surface area contributed by atoms with Gasteiger partial charge in [-0.1, -0.05) is 24.3 Å². The van der Waals surface area contributed by atoms with E-state index in [0.29, 0.717) is 6.54 Å². The zero-order chi connectivity index (χ0) is 24.5. The molecule has 3 rings (SSSR count). The molecule has 2 aromatic carbocycles. The van der Waals surface area contributed by atoms with E-state index in [0.717, 1.165) is 49.7 Å². The zero-order valence-corrected chi connectivity index (χ0v) is 20.1. The molecule has 2 unspecified atom stereocenters. The smallest absolute Gasteiger partial charge is 0.387 e. The first-order chi connectivity index (χ1) is 16.3. The van der Waals surface area contributed by atoms with Gasteiger partial charge in [-0.3, -0.25) is 4.90 Å². The number of hydrogen-bond acceptors (Lipinski definition) is 5. The number of aliphatic hydroxyl groups is 2. The SMILES string of the molecule is Cl.OC[C@H](O)CN1C(CCc2ccc(OC(F)F)cc2)CCC1CCc1ccc(OC(F)F)cc1. The van der Waals surface area contributed by atoms with Crippen molar-refractivity contribution in [2.24, 2.45) is 0 Å². The van der Waals surface area contributed by atoms with Gasteiger partial charge in [0.15, 0.2) is 0 Å². The molecule has 10 heteroatoms. The Bertz CT molecular complexity index is 792. The number of benzene rings is 2. The molecule has 0 bridgehead atoms. The lowest BCUT2D eigenvalue weighted by molar-refractivity contribution is -0.0505. The third-order valence-electron chi connectivity index (χ3n) is 6.23. The topological polar surface area (TPSA) is 62.2 Å². The van der Waals surface area contributed by atoms with Crippen LogP contribution in [0.25, 0.3) is 0 Å². The summed E-state index contributed by atoms with van der Waals surface area (Å²) in [4.78, 5) is 2.25. The lowest BCUT2D eigenvalue weighted by Crippen LogP contribution is -2.42. The summed E-state index contributed by atoms with van der Waals surface area (Å²) in [6.45, 7) is -5.64. The second-order valence-corrected chi connectivity index (χ2v) is 8.54. The van der Waals surface area contributed by atoms with Crippen LogP contribution in [0.4, 0.5) is 17.6 Å². The van der Waals surface area contributed by atoms with Crippen LogP contribution in [0.3, 0.4) is 0 Å². The van der Waals surface area contributed by atoms with Crippen LogP contribution in [-0.4, -0.2) is 59.7 Å². The molecule has 1 fully saturated rings. The van der Waals surface area contributed by atoms with E-state index in [9.17, 15) is 27.8 Å². The van der Waals surface area contributed by atoms with Gasteiger partial charge in [-0.15, -0.1) is 12.4 Å². The van der Waals surface area contributed by atoms with Crippen molar-refractivity contribution in [3.8, 4) is 11.5 Å². The predicted octanol–water partition coefficient (Wildman–Crippen LogP) is 5.06. The molecule has 0 radical (unpaired) electrons.